The van der Waals surface area contributed by atoms with Gasteiger partial charge in [-0.1, -0.05) is 23.7 Å². The van der Waals surface area contributed by atoms with Crippen LogP contribution < -0.4 is 5.69 Å². The summed E-state index contributed by atoms with van der Waals surface area (Å²) in [5.74, 6) is -2.15. The van der Waals surface area contributed by atoms with E-state index < -0.39 is 29.2 Å². The van der Waals surface area contributed by atoms with Crippen LogP contribution in [-0.4, -0.2) is 27.2 Å². The molecule has 2 N–H and O–H groups in total. The van der Waals surface area contributed by atoms with Gasteiger partial charge in [-0.2, -0.15) is 5.26 Å². The number of nitriles is 1. The number of aromatic hydroxyl groups is 1. The Balaban J connectivity index is 1.78. The number of aliphatic imine (C=N–C) groups is 1. The zero-order valence-electron chi connectivity index (χ0n) is 15.4. The molecule has 0 spiro atoms. The zero-order chi connectivity index (χ0) is 22.3. The SMILES string of the molecule is N#Cc1ccc(C(C=O)n2c(O)c(C=C3C=Nc4c3ccc(Cl)c4F)[nH]c2=O)cc1F. The molecule has 0 radical (unpaired) electrons. The van der Waals surface area contributed by atoms with Crippen molar-refractivity contribution >= 4 is 41.4 Å². The molecule has 10 heteroatoms. The van der Waals surface area contributed by atoms with E-state index in [4.69, 9.17) is 16.9 Å². The highest BCUT2D eigenvalue weighted by Gasteiger charge is 2.24. The third-order valence-corrected chi connectivity index (χ3v) is 5.10. The van der Waals surface area contributed by atoms with E-state index in [2.05, 4.69) is 9.98 Å². The number of H-pyrrole nitrogens is 1. The largest absolute Gasteiger partial charge is 0.493 e. The number of rotatable bonds is 4. The van der Waals surface area contributed by atoms with Crippen molar-refractivity contribution in [3.05, 3.63) is 79.9 Å². The van der Waals surface area contributed by atoms with Gasteiger partial charge in [0.1, 0.15) is 35.6 Å². The number of nitrogens with one attached hydrogen (secondary N) is 1. The molecule has 2 heterocycles. The number of aldehydes is 1. The first-order valence-electron chi connectivity index (χ1n) is 8.78. The van der Waals surface area contributed by atoms with Gasteiger partial charge in [0.15, 0.2) is 5.82 Å². The van der Waals surface area contributed by atoms with E-state index in [0.29, 0.717) is 17.4 Å². The summed E-state index contributed by atoms with van der Waals surface area (Å²) in [5.41, 5.74) is -0.238. The Labute approximate surface area is 178 Å². The summed E-state index contributed by atoms with van der Waals surface area (Å²) in [6, 6.07) is 6.63. The number of carbonyl (C=O) groups is 1. The fourth-order valence-corrected chi connectivity index (χ4v) is 3.44. The quantitative estimate of drug-likeness (QED) is 0.602. The van der Waals surface area contributed by atoms with Crippen LogP contribution in [-0.2, 0) is 4.79 Å². The number of benzene rings is 2. The Kier molecular flexibility index (Phi) is 5.01. The van der Waals surface area contributed by atoms with Gasteiger partial charge in [-0.25, -0.2) is 18.1 Å². The van der Waals surface area contributed by atoms with Gasteiger partial charge in [0.2, 0.25) is 5.88 Å². The highest BCUT2D eigenvalue weighted by Crippen LogP contribution is 2.38. The van der Waals surface area contributed by atoms with E-state index in [9.17, 15) is 23.5 Å². The molecular weight excluding hydrogens is 430 g/mol. The van der Waals surface area contributed by atoms with Gasteiger partial charge in [0, 0.05) is 17.4 Å². The summed E-state index contributed by atoms with van der Waals surface area (Å²) in [6.45, 7) is 0. The Hall–Kier alpha value is -4.03. The summed E-state index contributed by atoms with van der Waals surface area (Å²) < 4.78 is 28.8. The van der Waals surface area contributed by atoms with Crippen molar-refractivity contribution in [1.82, 2.24) is 9.55 Å². The van der Waals surface area contributed by atoms with Crippen LogP contribution in [0.15, 0.2) is 40.1 Å². The van der Waals surface area contributed by atoms with Crippen LogP contribution in [0.1, 0.15) is 28.4 Å². The average molecular weight is 441 g/mol. The minimum Gasteiger partial charge on any atom is -0.493 e. The van der Waals surface area contributed by atoms with E-state index in [1.165, 1.54) is 30.5 Å². The number of aromatic amines is 1. The van der Waals surface area contributed by atoms with Gasteiger partial charge in [0.25, 0.3) is 0 Å². The van der Waals surface area contributed by atoms with Crippen LogP contribution >= 0.6 is 11.6 Å². The van der Waals surface area contributed by atoms with E-state index in [1.807, 2.05) is 0 Å². The lowest BCUT2D eigenvalue weighted by Gasteiger charge is -2.13. The van der Waals surface area contributed by atoms with Gasteiger partial charge in [-0.05, 0) is 29.8 Å². The molecule has 7 nitrogen and oxygen atoms in total. The molecule has 0 fully saturated rings. The fourth-order valence-electron chi connectivity index (χ4n) is 3.28. The Morgan fingerprint density at radius 1 is 1.29 bits per heavy atom. The molecule has 2 aromatic carbocycles. The zero-order valence-corrected chi connectivity index (χ0v) is 16.2. The second-order valence-corrected chi connectivity index (χ2v) is 6.99. The molecule has 3 aromatic rings. The normalized spacial score (nSPS) is 14.5. The van der Waals surface area contributed by atoms with Crippen molar-refractivity contribution in [2.45, 2.75) is 6.04 Å². The second kappa shape index (κ2) is 7.66. The number of nitrogens with zero attached hydrogens (tertiary/aromatic N) is 3. The molecule has 154 valence electrons. The molecule has 1 aliphatic heterocycles. The maximum Gasteiger partial charge on any atom is 0.329 e. The fraction of sp³-hybridized carbons (Fsp3) is 0.0476. The van der Waals surface area contributed by atoms with Gasteiger partial charge >= 0.3 is 5.69 Å². The van der Waals surface area contributed by atoms with E-state index >= 15 is 0 Å². The lowest BCUT2D eigenvalue weighted by atomic mass is 10.0. The number of allylic oxidation sites excluding steroid dienone is 1. The summed E-state index contributed by atoms with van der Waals surface area (Å²) in [7, 11) is 0. The van der Waals surface area contributed by atoms with Crippen molar-refractivity contribution in [2.24, 2.45) is 4.99 Å². The van der Waals surface area contributed by atoms with Crippen molar-refractivity contribution in [1.29, 1.82) is 5.26 Å². The molecule has 0 amide bonds. The van der Waals surface area contributed by atoms with Crippen LogP contribution in [0.2, 0.25) is 5.02 Å². The minimum absolute atomic E-state index is 0.0267. The number of aromatic nitrogens is 2. The smallest absolute Gasteiger partial charge is 0.329 e. The van der Waals surface area contributed by atoms with Crippen molar-refractivity contribution < 1.29 is 18.7 Å². The molecule has 4 rings (SSSR count). The molecule has 0 bridgehead atoms. The van der Waals surface area contributed by atoms with Crippen molar-refractivity contribution in [3.63, 3.8) is 0 Å². The minimum atomic E-state index is -1.35. The van der Waals surface area contributed by atoms with E-state index in [-0.39, 0.29) is 27.5 Å². The number of hydrogen-bond donors (Lipinski definition) is 2. The monoisotopic (exact) mass is 440 g/mol. The first kappa shape index (κ1) is 20.3. The van der Waals surface area contributed by atoms with Crippen LogP contribution in [0.5, 0.6) is 5.88 Å². The Bertz CT molecular complexity index is 1400. The molecule has 1 aliphatic rings. The number of imidazole rings is 1. The third kappa shape index (κ3) is 3.33. The van der Waals surface area contributed by atoms with Crippen LogP contribution in [0.4, 0.5) is 14.5 Å². The van der Waals surface area contributed by atoms with Gasteiger partial charge in [-0.15, -0.1) is 0 Å². The van der Waals surface area contributed by atoms with Gasteiger partial charge < -0.3 is 14.9 Å². The molecule has 1 unspecified atom stereocenters. The van der Waals surface area contributed by atoms with Gasteiger partial charge in [-0.3, -0.25) is 4.99 Å². The topological polar surface area (TPSA) is 111 Å². The predicted molar refractivity (Wildman–Crippen MR) is 109 cm³/mol. The number of carbonyl (C=O) groups excluding carboxylic acids is 1. The van der Waals surface area contributed by atoms with Crippen LogP contribution in [0.3, 0.4) is 0 Å². The Morgan fingerprint density at radius 3 is 2.74 bits per heavy atom. The molecule has 0 saturated carbocycles. The number of fused-ring (bicyclic) bond motifs is 1. The molecule has 1 aromatic heterocycles. The lowest BCUT2D eigenvalue weighted by Crippen LogP contribution is -2.24. The maximum absolute atomic E-state index is 14.1. The van der Waals surface area contributed by atoms with E-state index in [0.717, 1.165) is 10.6 Å². The summed E-state index contributed by atoms with van der Waals surface area (Å²) in [4.78, 5) is 30.5. The molecular formula is C21H11ClF2N4O3. The highest BCUT2D eigenvalue weighted by molar-refractivity contribution is 6.31. The number of halogens is 3. The maximum atomic E-state index is 14.1. The third-order valence-electron chi connectivity index (χ3n) is 4.80. The van der Waals surface area contributed by atoms with Crippen molar-refractivity contribution in [3.8, 4) is 11.9 Å². The van der Waals surface area contributed by atoms with Gasteiger partial charge in [0.05, 0.1) is 10.6 Å². The molecule has 0 aliphatic carbocycles. The summed E-state index contributed by atoms with van der Waals surface area (Å²) >= 11 is 5.75. The first-order valence-corrected chi connectivity index (χ1v) is 9.16. The van der Waals surface area contributed by atoms with E-state index in [1.54, 1.807) is 12.1 Å². The predicted octanol–water partition coefficient (Wildman–Crippen LogP) is 3.73. The lowest BCUT2D eigenvalue weighted by molar-refractivity contribution is -0.109. The molecule has 31 heavy (non-hydrogen) atoms. The number of hydrogen-bond acceptors (Lipinski definition) is 5. The molecule has 0 saturated heterocycles. The average Bonchev–Trinajstić information content (AvgIpc) is 3.28. The van der Waals surface area contributed by atoms with Crippen LogP contribution in [0.25, 0.3) is 11.6 Å². The highest BCUT2D eigenvalue weighted by atomic mass is 35.5. The van der Waals surface area contributed by atoms with Crippen LogP contribution in [0, 0.1) is 23.0 Å². The first-order chi connectivity index (χ1) is 14.8. The second-order valence-electron chi connectivity index (χ2n) is 6.58. The summed E-state index contributed by atoms with van der Waals surface area (Å²) in [6.07, 6.45) is 3.06. The Morgan fingerprint density at radius 2 is 2.06 bits per heavy atom. The summed E-state index contributed by atoms with van der Waals surface area (Å²) in [5, 5.41) is 19.3. The van der Waals surface area contributed by atoms with Crippen molar-refractivity contribution in [2.75, 3.05) is 0 Å². The standard InChI is InChI=1S/C21H11ClF2N4O3/c22-14-4-3-13-12(8-26-19(13)18(14)24)6-16-20(30)28(21(31)27-16)17(9-29)10-1-2-11(7-25)15(23)5-10/h1-6,8-9,17,30H,(H,27,31). The molecule has 1 atom stereocenters.